The number of hydrogen-bond donors (Lipinski definition) is 1. The molecular weight excluding hydrogens is 190 g/mol. The van der Waals surface area contributed by atoms with Gasteiger partial charge in [0, 0.05) is 0 Å². The molecule has 0 aromatic carbocycles. The minimum absolute atomic E-state index is 0.0903. The van der Waals surface area contributed by atoms with Crippen LogP contribution in [0.5, 0.6) is 0 Å². The lowest BCUT2D eigenvalue weighted by atomic mass is 9.95. The Morgan fingerprint density at radius 1 is 1.60 bits per heavy atom. The number of nitrogens with one attached hydrogen (secondary N) is 1. The minimum Gasteiger partial charge on any atom is -0.468 e. The molecule has 1 aliphatic rings. The normalized spacial score (nSPS) is 30.9. The molecule has 1 N–H and O–H groups in total. The highest BCUT2D eigenvalue weighted by atomic mass is 16.5. The summed E-state index contributed by atoms with van der Waals surface area (Å²) < 4.78 is 4.92. The van der Waals surface area contributed by atoms with Crippen LogP contribution in [0.15, 0.2) is 0 Å². The van der Waals surface area contributed by atoms with Crippen molar-refractivity contribution in [1.29, 1.82) is 0 Å². The van der Waals surface area contributed by atoms with Crippen LogP contribution in [-0.4, -0.2) is 25.2 Å². The Kier molecular flexibility index (Phi) is 4.14. The largest absolute Gasteiger partial charge is 0.468 e. The summed E-state index contributed by atoms with van der Waals surface area (Å²) >= 11 is 0. The lowest BCUT2D eigenvalue weighted by Crippen LogP contribution is -2.51. The van der Waals surface area contributed by atoms with Crippen molar-refractivity contribution in [2.45, 2.75) is 45.6 Å². The quantitative estimate of drug-likeness (QED) is 0.726. The number of hydrogen-bond acceptors (Lipinski definition) is 3. The first kappa shape index (κ1) is 12.5. The first-order valence-corrected chi connectivity index (χ1v) is 5.83. The Bertz CT molecular complexity index is 228. The van der Waals surface area contributed by atoms with Crippen LogP contribution in [0.4, 0.5) is 0 Å². The van der Waals surface area contributed by atoms with Gasteiger partial charge in [-0.25, -0.2) is 0 Å². The van der Waals surface area contributed by atoms with Crippen LogP contribution in [0.25, 0.3) is 0 Å². The molecule has 15 heavy (non-hydrogen) atoms. The van der Waals surface area contributed by atoms with E-state index < -0.39 is 5.54 Å². The molecule has 0 spiro atoms. The highest BCUT2D eigenvalue weighted by Crippen LogP contribution is 2.35. The lowest BCUT2D eigenvalue weighted by molar-refractivity contribution is -0.148. The lowest BCUT2D eigenvalue weighted by Gasteiger charge is -2.28. The zero-order chi connectivity index (χ0) is 11.5. The van der Waals surface area contributed by atoms with Gasteiger partial charge in [0.15, 0.2) is 0 Å². The zero-order valence-electron chi connectivity index (χ0n) is 10.3. The zero-order valence-corrected chi connectivity index (χ0v) is 10.3. The molecule has 0 aromatic rings. The van der Waals surface area contributed by atoms with E-state index in [1.807, 2.05) is 0 Å². The van der Waals surface area contributed by atoms with Gasteiger partial charge in [-0.05, 0) is 37.6 Å². The summed E-state index contributed by atoms with van der Waals surface area (Å²) in [5.41, 5.74) is -0.404. The highest BCUT2D eigenvalue weighted by Gasteiger charge is 2.44. The maximum Gasteiger partial charge on any atom is 0.326 e. The van der Waals surface area contributed by atoms with Crippen molar-refractivity contribution < 1.29 is 9.53 Å². The predicted octanol–water partition coefficient (Wildman–Crippen LogP) is 1.96. The Morgan fingerprint density at radius 3 is 2.67 bits per heavy atom. The molecule has 0 bridgehead atoms. The highest BCUT2D eigenvalue weighted by molar-refractivity contribution is 5.81. The summed E-state index contributed by atoms with van der Waals surface area (Å²) in [7, 11) is 1.48. The number of carbonyl (C=O) groups excluding carboxylic acids is 1. The van der Waals surface area contributed by atoms with Crippen molar-refractivity contribution in [3.8, 4) is 0 Å². The molecule has 0 aromatic heterocycles. The van der Waals surface area contributed by atoms with Gasteiger partial charge >= 0.3 is 5.97 Å². The van der Waals surface area contributed by atoms with Gasteiger partial charge in [0.25, 0.3) is 0 Å². The van der Waals surface area contributed by atoms with E-state index in [9.17, 15) is 4.79 Å². The van der Waals surface area contributed by atoms with Gasteiger partial charge in [0.2, 0.25) is 0 Å². The molecule has 1 rings (SSSR count). The Labute approximate surface area is 92.6 Å². The van der Waals surface area contributed by atoms with Gasteiger partial charge in [-0.1, -0.05) is 20.8 Å². The molecule has 88 valence electrons. The fourth-order valence-corrected chi connectivity index (χ4v) is 2.30. The van der Waals surface area contributed by atoms with Gasteiger partial charge in [-0.15, -0.1) is 0 Å². The fourth-order valence-electron chi connectivity index (χ4n) is 2.30. The second kappa shape index (κ2) is 4.97. The van der Waals surface area contributed by atoms with Gasteiger partial charge in [0.05, 0.1) is 7.11 Å². The number of rotatable bonds is 4. The number of ether oxygens (including phenoxy) is 1. The third-order valence-electron chi connectivity index (χ3n) is 3.19. The van der Waals surface area contributed by atoms with Crippen LogP contribution in [0, 0.1) is 11.8 Å². The topological polar surface area (TPSA) is 38.3 Å². The van der Waals surface area contributed by atoms with Crippen LogP contribution in [0.3, 0.4) is 0 Å². The molecule has 2 unspecified atom stereocenters. The molecule has 2 atom stereocenters. The molecule has 0 saturated heterocycles. The number of esters is 1. The van der Waals surface area contributed by atoms with Crippen molar-refractivity contribution in [2.24, 2.45) is 11.8 Å². The van der Waals surface area contributed by atoms with Crippen LogP contribution in [0.1, 0.15) is 40.0 Å². The van der Waals surface area contributed by atoms with Gasteiger partial charge in [-0.2, -0.15) is 0 Å². The molecule has 0 amide bonds. The van der Waals surface area contributed by atoms with Crippen molar-refractivity contribution in [3.05, 3.63) is 0 Å². The molecule has 0 radical (unpaired) electrons. The summed E-state index contributed by atoms with van der Waals surface area (Å²) in [6, 6.07) is 0. The van der Waals surface area contributed by atoms with Crippen LogP contribution < -0.4 is 5.32 Å². The summed E-state index contributed by atoms with van der Waals surface area (Å²) in [5, 5.41) is 3.40. The molecule has 1 fully saturated rings. The third kappa shape index (κ3) is 2.94. The van der Waals surface area contributed by atoms with E-state index in [4.69, 9.17) is 4.74 Å². The molecule has 3 nitrogen and oxygen atoms in total. The smallest absolute Gasteiger partial charge is 0.326 e. The predicted molar refractivity (Wildman–Crippen MR) is 60.6 cm³/mol. The van der Waals surface area contributed by atoms with E-state index in [1.54, 1.807) is 0 Å². The summed E-state index contributed by atoms with van der Waals surface area (Å²) in [6.45, 7) is 7.37. The molecule has 1 aliphatic carbocycles. The molecule has 3 heteroatoms. The second-order valence-corrected chi connectivity index (χ2v) is 5.20. The molecule has 0 heterocycles. The van der Waals surface area contributed by atoms with Crippen LogP contribution in [0.2, 0.25) is 0 Å². The van der Waals surface area contributed by atoms with E-state index in [1.165, 1.54) is 7.11 Å². The maximum absolute atomic E-state index is 11.8. The number of methoxy groups -OCH3 is 1. The Hall–Kier alpha value is -0.570. The van der Waals surface area contributed by atoms with Crippen molar-refractivity contribution >= 4 is 5.97 Å². The monoisotopic (exact) mass is 213 g/mol. The van der Waals surface area contributed by atoms with Gasteiger partial charge in [0.1, 0.15) is 5.54 Å². The van der Waals surface area contributed by atoms with Crippen LogP contribution >= 0.6 is 0 Å². The Balaban J connectivity index is 2.65. The van der Waals surface area contributed by atoms with Gasteiger partial charge in [-0.3, -0.25) is 4.79 Å². The standard InChI is InChI=1S/C12H23NO2/c1-9(2)8-13-12(11(14)15-4)6-5-10(3)7-12/h9-10,13H,5-8H2,1-4H3. The average Bonchev–Trinajstić information content (AvgIpc) is 2.57. The van der Waals surface area contributed by atoms with Crippen LogP contribution in [-0.2, 0) is 9.53 Å². The van der Waals surface area contributed by atoms with E-state index in [0.717, 1.165) is 25.8 Å². The van der Waals surface area contributed by atoms with Crippen molar-refractivity contribution in [1.82, 2.24) is 5.32 Å². The van der Waals surface area contributed by atoms with Crippen molar-refractivity contribution in [3.63, 3.8) is 0 Å². The van der Waals surface area contributed by atoms with Gasteiger partial charge < -0.3 is 10.1 Å². The summed E-state index contributed by atoms with van der Waals surface area (Å²) in [4.78, 5) is 11.8. The third-order valence-corrected chi connectivity index (χ3v) is 3.19. The first-order valence-electron chi connectivity index (χ1n) is 5.83. The molecular formula is C12H23NO2. The number of carbonyl (C=O) groups is 1. The average molecular weight is 213 g/mol. The second-order valence-electron chi connectivity index (χ2n) is 5.20. The van der Waals surface area contributed by atoms with E-state index >= 15 is 0 Å². The minimum atomic E-state index is -0.404. The summed E-state index contributed by atoms with van der Waals surface area (Å²) in [5.74, 6) is 1.08. The van der Waals surface area contributed by atoms with E-state index in [0.29, 0.717) is 11.8 Å². The summed E-state index contributed by atoms with van der Waals surface area (Å²) in [6.07, 6.45) is 2.93. The maximum atomic E-state index is 11.8. The first-order chi connectivity index (χ1) is 7.00. The molecule has 0 aliphatic heterocycles. The fraction of sp³-hybridized carbons (Fsp3) is 0.917. The van der Waals surface area contributed by atoms with E-state index in [-0.39, 0.29) is 5.97 Å². The van der Waals surface area contributed by atoms with Crippen molar-refractivity contribution in [2.75, 3.05) is 13.7 Å². The SMILES string of the molecule is COC(=O)C1(NCC(C)C)CCC(C)C1. The Morgan fingerprint density at radius 2 is 2.27 bits per heavy atom. The van der Waals surface area contributed by atoms with E-state index in [2.05, 4.69) is 26.1 Å². The molecule has 1 saturated carbocycles.